The van der Waals surface area contributed by atoms with Crippen LogP contribution in [0.2, 0.25) is 0 Å². The first kappa shape index (κ1) is 19.8. The summed E-state index contributed by atoms with van der Waals surface area (Å²) in [4.78, 5) is 25.1. The number of benzene rings is 1. The highest BCUT2D eigenvalue weighted by Gasteiger charge is 2.13. The summed E-state index contributed by atoms with van der Waals surface area (Å²) >= 11 is 1.66. The fraction of sp³-hybridized carbons (Fsp3) is 0.429. The molecular weight excluding hydrogens is 310 g/mol. The van der Waals surface area contributed by atoms with Crippen LogP contribution in [0, 0.1) is 0 Å². The lowest BCUT2D eigenvalue weighted by molar-refractivity contribution is -0.117. The molecule has 0 aromatic heterocycles. The largest absolute Gasteiger partial charge is 0.345 e. The Bertz CT molecular complexity index is 466. The topological polar surface area (TPSA) is 75.4 Å². The quantitative estimate of drug-likeness (QED) is 0.834. The Hall–Kier alpha value is -1.24. The van der Waals surface area contributed by atoms with E-state index in [1.807, 2.05) is 6.26 Å². The van der Waals surface area contributed by atoms with Crippen molar-refractivity contribution in [2.24, 2.45) is 5.73 Å². The molecule has 0 bridgehead atoms. The Morgan fingerprint density at radius 2 is 1.86 bits per heavy atom. The number of carbonyl (C=O) groups is 2. The summed E-state index contributed by atoms with van der Waals surface area (Å²) in [6, 6.07) is 6.27. The molecule has 0 saturated carbocycles. The van der Waals surface area contributed by atoms with Crippen molar-refractivity contribution in [3.8, 4) is 0 Å². The van der Waals surface area contributed by atoms with E-state index in [2.05, 4.69) is 5.32 Å². The summed E-state index contributed by atoms with van der Waals surface area (Å²) in [5, 5.41) is 2.75. The van der Waals surface area contributed by atoms with E-state index in [4.69, 9.17) is 5.73 Å². The zero-order valence-corrected chi connectivity index (χ0v) is 14.1. The molecule has 118 valence electrons. The van der Waals surface area contributed by atoms with Crippen LogP contribution in [0.1, 0.15) is 16.8 Å². The molecule has 3 N–H and O–H groups in total. The van der Waals surface area contributed by atoms with Gasteiger partial charge in [0, 0.05) is 25.3 Å². The molecule has 2 amide bonds. The van der Waals surface area contributed by atoms with Crippen LogP contribution in [0.15, 0.2) is 24.3 Å². The van der Waals surface area contributed by atoms with Crippen LogP contribution >= 0.6 is 24.2 Å². The average Bonchev–Trinajstić information content (AvgIpc) is 2.44. The van der Waals surface area contributed by atoms with Gasteiger partial charge >= 0.3 is 0 Å². The number of rotatable bonds is 6. The molecule has 21 heavy (non-hydrogen) atoms. The summed E-state index contributed by atoms with van der Waals surface area (Å²) in [6.45, 7) is 0. The molecule has 0 radical (unpaired) electrons. The normalized spacial score (nSPS) is 11.2. The van der Waals surface area contributed by atoms with Gasteiger partial charge < -0.3 is 16.0 Å². The lowest BCUT2D eigenvalue weighted by atomic mass is 10.1. The number of nitrogens with zero attached hydrogens (tertiary/aromatic N) is 1. The highest BCUT2D eigenvalue weighted by molar-refractivity contribution is 7.98. The minimum Gasteiger partial charge on any atom is -0.345 e. The van der Waals surface area contributed by atoms with Crippen molar-refractivity contribution in [2.45, 2.75) is 12.5 Å². The van der Waals surface area contributed by atoms with Crippen molar-refractivity contribution in [2.75, 3.05) is 31.4 Å². The van der Waals surface area contributed by atoms with Crippen molar-refractivity contribution in [1.29, 1.82) is 0 Å². The van der Waals surface area contributed by atoms with Gasteiger partial charge in [-0.2, -0.15) is 11.8 Å². The minimum absolute atomic E-state index is 0. The van der Waals surface area contributed by atoms with Crippen LogP contribution in [-0.4, -0.2) is 48.9 Å². The smallest absolute Gasteiger partial charge is 0.253 e. The van der Waals surface area contributed by atoms with Crippen molar-refractivity contribution in [3.05, 3.63) is 29.8 Å². The van der Waals surface area contributed by atoms with Crippen LogP contribution in [0.5, 0.6) is 0 Å². The van der Waals surface area contributed by atoms with Gasteiger partial charge in [-0.15, -0.1) is 12.4 Å². The Morgan fingerprint density at radius 1 is 1.29 bits per heavy atom. The second-order valence-corrected chi connectivity index (χ2v) is 5.64. The third kappa shape index (κ3) is 6.37. The fourth-order valence-electron chi connectivity index (χ4n) is 1.57. The zero-order valence-electron chi connectivity index (χ0n) is 12.5. The van der Waals surface area contributed by atoms with Crippen molar-refractivity contribution in [1.82, 2.24) is 4.90 Å². The number of carbonyl (C=O) groups excluding carboxylic acids is 2. The molecule has 0 unspecified atom stereocenters. The zero-order chi connectivity index (χ0) is 15.1. The molecule has 0 fully saturated rings. The Kier molecular flexibility index (Phi) is 9.08. The van der Waals surface area contributed by atoms with E-state index in [1.165, 1.54) is 4.90 Å². The number of halogens is 1. The molecule has 0 spiro atoms. The molecule has 1 atom stereocenters. The maximum absolute atomic E-state index is 11.8. The Balaban J connectivity index is 0.00000400. The lowest BCUT2D eigenvalue weighted by Crippen LogP contribution is -2.36. The molecule has 0 heterocycles. The molecule has 1 rings (SSSR count). The first-order chi connectivity index (χ1) is 9.45. The highest BCUT2D eigenvalue weighted by Crippen LogP contribution is 2.11. The number of amides is 2. The van der Waals surface area contributed by atoms with E-state index in [0.29, 0.717) is 17.7 Å². The average molecular weight is 332 g/mol. The number of hydrogen-bond donors (Lipinski definition) is 2. The lowest BCUT2D eigenvalue weighted by Gasteiger charge is -2.13. The maximum Gasteiger partial charge on any atom is 0.253 e. The van der Waals surface area contributed by atoms with E-state index in [-0.39, 0.29) is 24.2 Å². The van der Waals surface area contributed by atoms with E-state index in [1.54, 1.807) is 50.1 Å². The number of anilines is 1. The van der Waals surface area contributed by atoms with Crippen molar-refractivity contribution in [3.63, 3.8) is 0 Å². The van der Waals surface area contributed by atoms with Crippen LogP contribution in [0.25, 0.3) is 0 Å². The summed E-state index contributed by atoms with van der Waals surface area (Å²) < 4.78 is 0. The summed E-state index contributed by atoms with van der Waals surface area (Å²) in [6.07, 6.45) is 2.62. The SMILES string of the molecule is CSCC[C@H](N)C(=O)Nc1ccc(C(=O)N(C)C)cc1.Cl. The standard InChI is InChI=1S/C14H21N3O2S.ClH/c1-17(2)14(19)10-4-6-11(7-5-10)16-13(18)12(15)8-9-20-3;/h4-7,12H,8-9,15H2,1-3H3,(H,16,18);1H/t12-;/m0./s1. The van der Waals surface area contributed by atoms with E-state index in [0.717, 1.165) is 5.75 Å². The summed E-state index contributed by atoms with van der Waals surface area (Å²) in [5.41, 5.74) is 7.01. The van der Waals surface area contributed by atoms with Gasteiger partial charge in [0.2, 0.25) is 5.91 Å². The molecule has 0 aliphatic carbocycles. The van der Waals surface area contributed by atoms with E-state index >= 15 is 0 Å². The van der Waals surface area contributed by atoms with Crippen LogP contribution in [-0.2, 0) is 4.79 Å². The monoisotopic (exact) mass is 331 g/mol. The molecule has 0 aliphatic rings. The first-order valence-corrected chi connectivity index (χ1v) is 7.72. The second kappa shape index (κ2) is 9.65. The fourth-order valence-corrected chi connectivity index (χ4v) is 2.05. The molecular formula is C14H22ClN3O2S. The number of thioether (sulfide) groups is 1. The predicted octanol–water partition coefficient (Wildman–Crippen LogP) is 1.83. The van der Waals surface area contributed by atoms with Gasteiger partial charge in [-0.25, -0.2) is 0 Å². The van der Waals surface area contributed by atoms with Gasteiger partial charge in [-0.05, 0) is 42.7 Å². The Morgan fingerprint density at radius 3 is 2.33 bits per heavy atom. The molecule has 0 aliphatic heterocycles. The third-order valence-corrected chi connectivity index (χ3v) is 3.42. The van der Waals surface area contributed by atoms with Crippen molar-refractivity contribution >= 4 is 41.7 Å². The molecule has 1 aromatic rings. The molecule has 7 heteroatoms. The van der Waals surface area contributed by atoms with Gasteiger partial charge in [-0.1, -0.05) is 0 Å². The van der Waals surface area contributed by atoms with Crippen molar-refractivity contribution < 1.29 is 9.59 Å². The maximum atomic E-state index is 11.8. The van der Waals surface area contributed by atoms with Gasteiger partial charge in [0.15, 0.2) is 0 Å². The summed E-state index contributed by atoms with van der Waals surface area (Å²) in [5.74, 6) is 0.579. The number of nitrogens with one attached hydrogen (secondary N) is 1. The number of nitrogens with two attached hydrogens (primary N) is 1. The van der Waals surface area contributed by atoms with Gasteiger partial charge in [0.05, 0.1) is 6.04 Å². The Labute approximate surface area is 136 Å². The summed E-state index contributed by atoms with van der Waals surface area (Å²) in [7, 11) is 3.39. The van der Waals surface area contributed by atoms with Gasteiger partial charge in [0.1, 0.15) is 0 Å². The van der Waals surface area contributed by atoms with E-state index in [9.17, 15) is 9.59 Å². The second-order valence-electron chi connectivity index (χ2n) is 4.65. The predicted molar refractivity (Wildman–Crippen MR) is 91.3 cm³/mol. The third-order valence-electron chi connectivity index (χ3n) is 2.78. The molecule has 1 aromatic carbocycles. The first-order valence-electron chi connectivity index (χ1n) is 6.32. The van der Waals surface area contributed by atoms with E-state index < -0.39 is 6.04 Å². The molecule has 0 saturated heterocycles. The minimum atomic E-state index is -0.509. The van der Waals surface area contributed by atoms with Crippen LogP contribution < -0.4 is 11.1 Å². The van der Waals surface area contributed by atoms with Gasteiger partial charge in [0.25, 0.3) is 5.91 Å². The number of hydrogen-bond acceptors (Lipinski definition) is 4. The highest BCUT2D eigenvalue weighted by atomic mass is 35.5. The van der Waals surface area contributed by atoms with Crippen LogP contribution in [0.3, 0.4) is 0 Å². The van der Waals surface area contributed by atoms with Gasteiger partial charge in [-0.3, -0.25) is 9.59 Å². The molecule has 5 nitrogen and oxygen atoms in total. The van der Waals surface area contributed by atoms with Crippen LogP contribution in [0.4, 0.5) is 5.69 Å².